The van der Waals surface area contributed by atoms with E-state index in [0.29, 0.717) is 34.3 Å². The van der Waals surface area contributed by atoms with Gasteiger partial charge in [-0.25, -0.2) is 4.79 Å². The number of nitrogens with zero attached hydrogens (tertiary/aromatic N) is 3. The number of thiophene rings is 1. The molecule has 0 aliphatic carbocycles. The Labute approximate surface area is 218 Å². The Morgan fingerprint density at radius 1 is 1.25 bits per heavy atom. The van der Waals surface area contributed by atoms with Crippen LogP contribution in [0.15, 0.2) is 47.0 Å². The first-order valence-corrected chi connectivity index (χ1v) is 13.3. The average molecular weight is 529 g/mol. The van der Waals surface area contributed by atoms with Crippen molar-refractivity contribution in [3.63, 3.8) is 0 Å². The Bertz CT molecular complexity index is 1350. The summed E-state index contributed by atoms with van der Waals surface area (Å²) in [5, 5.41) is 17.7. The normalized spacial score (nSPS) is 15.1. The van der Waals surface area contributed by atoms with E-state index in [1.165, 1.54) is 11.3 Å². The first-order chi connectivity index (χ1) is 17.4. The molecule has 1 amide bonds. The van der Waals surface area contributed by atoms with Crippen LogP contribution in [0.3, 0.4) is 0 Å². The molecule has 36 heavy (non-hydrogen) atoms. The first-order valence-electron chi connectivity index (χ1n) is 12.1. The standard InChI is InChI=1S/C26H29ClN4O4S/c1-16(2)30-9-7-19(8-10-30)28-26(33)34-25-12-18-11-17(15-32)3-4-21(18)31(25)14-20-13-22(35-29-20)23-5-6-24(27)36-23/h3-6,11-13,16,19,32H,7-10,14-15H2,1-2H3,(H,28,33). The lowest BCUT2D eigenvalue weighted by molar-refractivity contribution is 0.151. The second-order valence-corrected chi connectivity index (χ2v) is 11.1. The summed E-state index contributed by atoms with van der Waals surface area (Å²) in [4.78, 5) is 16.2. The number of hydrogen-bond donors (Lipinski definition) is 2. The maximum atomic E-state index is 12.8. The number of ether oxygens (including phenoxy) is 1. The number of aliphatic hydroxyl groups is 1. The molecule has 0 bridgehead atoms. The lowest BCUT2D eigenvalue weighted by atomic mass is 10.0. The van der Waals surface area contributed by atoms with E-state index in [9.17, 15) is 9.90 Å². The van der Waals surface area contributed by atoms with Gasteiger partial charge >= 0.3 is 6.09 Å². The van der Waals surface area contributed by atoms with Crippen molar-refractivity contribution >= 4 is 39.9 Å². The van der Waals surface area contributed by atoms with Crippen molar-refractivity contribution in [3.05, 3.63) is 58.1 Å². The Kier molecular flexibility index (Phi) is 7.34. The van der Waals surface area contributed by atoms with Gasteiger partial charge in [0.1, 0.15) is 5.69 Å². The van der Waals surface area contributed by atoms with E-state index >= 15 is 0 Å². The third-order valence-corrected chi connectivity index (χ3v) is 7.83. The minimum atomic E-state index is -0.474. The number of aliphatic hydroxyl groups excluding tert-OH is 1. The summed E-state index contributed by atoms with van der Waals surface area (Å²) in [6, 6.07) is 13.6. The predicted octanol–water partition coefficient (Wildman–Crippen LogP) is 5.51. The van der Waals surface area contributed by atoms with Gasteiger partial charge in [0.15, 0.2) is 5.76 Å². The van der Waals surface area contributed by atoms with Crippen molar-refractivity contribution in [3.8, 4) is 16.5 Å². The van der Waals surface area contributed by atoms with Crippen LogP contribution in [-0.2, 0) is 13.2 Å². The van der Waals surface area contributed by atoms with Crippen LogP contribution in [0.25, 0.3) is 21.5 Å². The highest BCUT2D eigenvalue weighted by Gasteiger charge is 2.24. The Morgan fingerprint density at radius 3 is 2.75 bits per heavy atom. The van der Waals surface area contributed by atoms with Gasteiger partial charge in [0.05, 0.1) is 27.9 Å². The fourth-order valence-corrected chi connectivity index (χ4v) is 5.59. The largest absolute Gasteiger partial charge is 0.414 e. The zero-order valence-corrected chi connectivity index (χ0v) is 21.8. The van der Waals surface area contributed by atoms with Crippen molar-refractivity contribution in [1.29, 1.82) is 0 Å². The topological polar surface area (TPSA) is 92.8 Å². The fourth-order valence-electron chi connectivity index (χ4n) is 4.60. The van der Waals surface area contributed by atoms with E-state index in [2.05, 4.69) is 29.2 Å². The van der Waals surface area contributed by atoms with Gasteiger partial charge in [0.25, 0.3) is 0 Å². The van der Waals surface area contributed by atoms with E-state index in [1.54, 1.807) is 0 Å². The van der Waals surface area contributed by atoms with Gasteiger partial charge in [-0.3, -0.25) is 0 Å². The van der Waals surface area contributed by atoms with Gasteiger partial charge in [-0.15, -0.1) is 11.3 Å². The van der Waals surface area contributed by atoms with Crippen molar-refractivity contribution in [2.75, 3.05) is 13.1 Å². The van der Waals surface area contributed by atoms with E-state index in [0.717, 1.165) is 47.3 Å². The quantitative estimate of drug-likeness (QED) is 0.328. The molecule has 1 aliphatic rings. The van der Waals surface area contributed by atoms with Crippen LogP contribution in [0.4, 0.5) is 4.79 Å². The third kappa shape index (κ3) is 5.44. The van der Waals surface area contributed by atoms with Crippen LogP contribution in [0.1, 0.15) is 37.9 Å². The van der Waals surface area contributed by atoms with Crippen molar-refractivity contribution in [2.24, 2.45) is 0 Å². The number of nitrogens with one attached hydrogen (secondary N) is 1. The number of benzene rings is 1. The molecule has 0 saturated carbocycles. The Hall–Kier alpha value is -2.85. The molecule has 5 rings (SSSR count). The summed E-state index contributed by atoms with van der Waals surface area (Å²) in [6.07, 6.45) is 1.31. The molecule has 1 saturated heterocycles. The molecular formula is C26H29ClN4O4S. The molecule has 8 nitrogen and oxygen atoms in total. The third-order valence-electron chi connectivity index (χ3n) is 6.58. The molecule has 3 aromatic heterocycles. The number of halogens is 1. The van der Waals surface area contributed by atoms with Gasteiger partial charge in [-0.1, -0.05) is 22.8 Å². The van der Waals surface area contributed by atoms with E-state index < -0.39 is 6.09 Å². The molecule has 1 fully saturated rings. The molecule has 1 aliphatic heterocycles. The highest BCUT2D eigenvalue weighted by atomic mass is 35.5. The fraction of sp³-hybridized carbons (Fsp3) is 0.385. The second-order valence-electron chi connectivity index (χ2n) is 9.34. The van der Waals surface area contributed by atoms with Gasteiger partial charge in [-0.05, 0) is 56.5 Å². The van der Waals surface area contributed by atoms with E-state index in [1.807, 2.05) is 47.0 Å². The molecule has 0 unspecified atom stereocenters. The minimum Gasteiger partial charge on any atom is -0.393 e. The Morgan fingerprint density at radius 2 is 2.06 bits per heavy atom. The van der Waals surface area contributed by atoms with Crippen molar-refractivity contribution < 1.29 is 19.2 Å². The number of aromatic nitrogens is 2. The molecule has 10 heteroatoms. The van der Waals surface area contributed by atoms with Crippen LogP contribution in [0.5, 0.6) is 5.88 Å². The van der Waals surface area contributed by atoms with Crippen LogP contribution in [0, 0.1) is 0 Å². The van der Waals surface area contributed by atoms with Crippen LogP contribution >= 0.6 is 22.9 Å². The molecule has 1 aromatic carbocycles. The number of hydrogen-bond acceptors (Lipinski definition) is 7. The lowest BCUT2D eigenvalue weighted by Crippen LogP contribution is -2.47. The second kappa shape index (κ2) is 10.6. The molecule has 4 heterocycles. The molecule has 0 radical (unpaired) electrons. The van der Waals surface area contributed by atoms with Crippen LogP contribution in [0.2, 0.25) is 4.34 Å². The lowest BCUT2D eigenvalue weighted by Gasteiger charge is -2.34. The maximum absolute atomic E-state index is 12.8. The summed E-state index contributed by atoms with van der Waals surface area (Å²) >= 11 is 7.48. The van der Waals surface area contributed by atoms with Gasteiger partial charge in [-0.2, -0.15) is 0 Å². The molecule has 0 spiro atoms. The summed E-state index contributed by atoms with van der Waals surface area (Å²) in [5.74, 6) is 1.04. The Balaban J connectivity index is 1.35. The molecular weight excluding hydrogens is 500 g/mol. The van der Waals surface area contributed by atoms with Crippen molar-refractivity contribution in [2.45, 2.75) is 51.9 Å². The maximum Gasteiger partial charge on any atom is 0.414 e. The zero-order valence-electron chi connectivity index (χ0n) is 20.2. The van der Waals surface area contributed by atoms with Crippen molar-refractivity contribution in [1.82, 2.24) is 19.9 Å². The zero-order chi connectivity index (χ0) is 25.2. The summed E-state index contributed by atoms with van der Waals surface area (Å²) in [7, 11) is 0. The number of carbonyl (C=O) groups excluding carboxylic acids is 1. The number of carbonyl (C=O) groups is 1. The van der Waals surface area contributed by atoms with Gasteiger partial charge in [0, 0.05) is 42.7 Å². The van der Waals surface area contributed by atoms with Crippen LogP contribution < -0.4 is 10.1 Å². The SMILES string of the molecule is CC(C)N1CCC(NC(=O)Oc2cc3cc(CO)ccc3n2Cc2cc(-c3ccc(Cl)s3)on2)CC1. The number of rotatable bonds is 7. The number of fused-ring (bicyclic) bond motifs is 1. The highest BCUT2D eigenvalue weighted by molar-refractivity contribution is 7.19. The van der Waals surface area contributed by atoms with Gasteiger partial charge < -0.3 is 29.2 Å². The molecule has 0 atom stereocenters. The molecule has 190 valence electrons. The van der Waals surface area contributed by atoms with E-state index in [4.69, 9.17) is 20.9 Å². The summed E-state index contributed by atoms with van der Waals surface area (Å²) < 4.78 is 13.9. The highest BCUT2D eigenvalue weighted by Crippen LogP contribution is 2.33. The average Bonchev–Trinajstić information content (AvgIpc) is 3.58. The van der Waals surface area contributed by atoms with Crippen LogP contribution in [-0.4, -0.2) is 51.0 Å². The minimum absolute atomic E-state index is 0.0666. The summed E-state index contributed by atoms with van der Waals surface area (Å²) in [5.41, 5.74) is 2.33. The van der Waals surface area contributed by atoms with E-state index in [-0.39, 0.29) is 12.6 Å². The monoisotopic (exact) mass is 528 g/mol. The van der Waals surface area contributed by atoms with Gasteiger partial charge in [0.2, 0.25) is 5.88 Å². The number of amides is 1. The molecule has 2 N–H and O–H groups in total. The summed E-state index contributed by atoms with van der Waals surface area (Å²) in [6.45, 7) is 6.57. The smallest absolute Gasteiger partial charge is 0.393 e. The number of likely N-dealkylation sites (tertiary alicyclic amines) is 1. The number of piperidine rings is 1. The molecule has 4 aromatic rings. The predicted molar refractivity (Wildman–Crippen MR) is 141 cm³/mol. The first kappa shape index (κ1) is 24.8.